The SMILES string of the molecule is CC(Oc1ccc(Cl)cc1[C@@H](C)O)C(=O)NC1CCCC1. The van der Waals surface area contributed by atoms with E-state index in [1.165, 1.54) is 12.8 Å². The summed E-state index contributed by atoms with van der Waals surface area (Å²) in [6, 6.07) is 5.29. The van der Waals surface area contributed by atoms with Gasteiger partial charge in [-0.25, -0.2) is 0 Å². The van der Waals surface area contributed by atoms with Gasteiger partial charge in [0.15, 0.2) is 6.10 Å². The highest BCUT2D eigenvalue weighted by atomic mass is 35.5. The van der Waals surface area contributed by atoms with Gasteiger partial charge in [-0.3, -0.25) is 4.79 Å². The fraction of sp³-hybridized carbons (Fsp3) is 0.562. The maximum atomic E-state index is 12.1. The number of hydrogen-bond acceptors (Lipinski definition) is 3. The summed E-state index contributed by atoms with van der Waals surface area (Å²) >= 11 is 5.93. The molecule has 1 aliphatic rings. The third-order valence-electron chi connectivity index (χ3n) is 3.80. The van der Waals surface area contributed by atoms with Gasteiger partial charge in [0.05, 0.1) is 6.10 Å². The Hall–Kier alpha value is -1.26. The number of carbonyl (C=O) groups excluding carboxylic acids is 1. The fourth-order valence-corrected chi connectivity index (χ4v) is 2.77. The van der Waals surface area contributed by atoms with Gasteiger partial charge in [-0.05, 0) is 44.9 Å². The van der Waals surface area contributed by atoms with Crippen LogP contribution in [0.1, 0.15) is 51.2 Å². The van der Waals surface area contributed by atoms with Crippen LogP contribution in [0.2, 0.25) is 5.02 Å². The van der Waals surface area contributed by atoms with Gasteiger partial charge < -0.3 is 15.2 Å². The molecule has 1 fully saturated rings. The van der Waals surface area contributed by atoms with E-state index >= 15 is 0 Å². The van der Waals surface area contributed by atoms with E-state index in [-0.39, 0.29) is 11.9 Å². The van der Waals surface area contributed by atoms with E-state index in [4.69, 9.17) is 16.3 Å². The first kappa shape index (κ1) is 16.1. The van der Waals surface area contributed by atoms with Crippen LogP contribution in [0.4, 0.5) is 0 Å². The average Bonchev–Trinajstić information content (AvgIpc) is 2.93. The van der Waals surface area contributed by atoms with Crippen molar-refractivity contribution in [1.29, 1.82) is 0 Å². The molecule has 0 aromatic heterocycles. The van der Waals surface area contributed by atoms with Gasteiger partial charge in [-0.2, -0.15) is 0 Å². The summed E-state index contributed by atoms with van der Waals surface area (Å²) in [5.41, 5.74) is 0.586. The molecule has 2 atom stereocenters. The summed E-state index contributed by atoms with van der Waals surface area (Å²) in [4.78, 5) is 12.1. The van der Waals surface area contributed by atoms with Crippen LogP contribution < -0.4 is 10.1 Å². The van der Waals surface area contributed by atoms with Crippen molar-refractivity contribution in [2.75, 3.05) is 0 Å². The van der Waals surface area contributed by atoms with E-state index < -0.39 is 12.2 Å². The Morgan fingerprint density at radius 3 is 2.67 bits per heavy atom. The fourth-order valence-electron chi connectivity index (χ4n) is 2.59. The Morgan fingerprint density at radius 1 is 1.38 bits per heavy atom. The Balaban J connectivity index is 2.01. The van der Waals surface area contributed by atoms with Crippen LogP contribution in [0.15, 0.2) is 18.2 Å². The molecule has 0 bridgehead atoms. The Morgan fingerprint density at radius 2 is 2.05 bits per heavy atom. The van der Waals surface area contributed by atoms with Gasteiger partial charge in [0.1, 0.15) is 5.75 Å². The van der Waals surface area contributed by atoms with Crippen LogP contribution in [0.25, 0.3) is 0 Å². The molecule has 0 aliphatic heterocycles. The Bertz CT molecular complexity index is 498. The molecular formula is C16H22ClNO3. The molecule has 0 radical (unpaired) electrons. The van der Waals surface area contributed by atoms with E-state index in [1.807, 2.05) is 0 Å². The zero-order chi connectivity index (χ0) is 15.4. The number of benzene rings is 1. The third-order valence-corrected chi connectivity index (χ3v) is 4.03. The zero-order valence-corrected chi connectivity index (χ0v) is 13.2. The lowest BCUT2D eigenvalue weighted by Gasteiger charge is -2.20. The molecule has 1 aliphatic carbocycles. The van der Waals surface area contributed by atoms with E-state index in [1.54, 1.807) is 32.0 Å². The molecular weight excluding hydrogens is 290 g/mol. The smallest absolute Gasteiger partial charge is 0.260 e. The maximum Gasteiger partial charge on any atom is 0.260 e. The van der Waals surface area contributed by atoms with Crippen LogP contribution in [0, 0.1) is 0 Å². The highest BCUT2D eigenvalue weighted by molar-refractivity contribution is 6.30. The van der Waals surface area contributed by atoms with Crippen LogP contribution in [0.5, 0.6) is 5.75 Å². The van der Waals surface area contributed by atoms with Crippen LogP contribution in [-0.4, -0.2) is 23.2 Å². The van der Waals surface area contributed by atoms with Crippen molar-refractivity contribution < 1.29 is 14.6 Å². The van der Waals surface area contributed by atoms with Crippen LogP contribution in [-0.2, 0) is 4.79 Å². The van der Waals surface area contributed by atoms with E-state index in [9.17, 15) is 9.90 Å². The summed E-state index contributed by atoms with van der Waals surface area (Å²) in [6.07, 6.45) is 3.11. The normalized spacial score (nSPS) is 18.3. The molecule has 0 heterocycles. The predicted molar refractivity (Wildman–Crippen MR) is 82.6 cm³/mol. The van der Waals surface area contributed by atoms with Crippen molar-refractivity contribution in [3.8, 4) is 5.75 Å². The Kier molecular flexibility index (Phi) is 5.48. The number of aliphatic hydroxyl groups is 1. The number of rotatable bonds is 5. The number of amides is 1. The topological polar surface area (TPSA) is 58.6 Å². The first-order valence-electron chi connectivity index (χ1n) is 7.42. The molecule has 4 nitrogen and oxygen atoms in total. The lowest BCUT2D eigenvalue weighted by atomic mass is 10.1. The van der Waals surface area contributed by atoms with Crippen molar-refractivity contribution in [3.63, 3.8) is 0 Å². The molecule has 2 N–H and O–H groups in total. The number of carbonyl (C=O) groups is 1. The maximum absolute atomic E-state index is 12.1. The molecule has 21 heavy (non-hydrogen) atoms. The molecule has 116 valence electrons. The third kappa shape index (κ3) is 4.35. The second-order valence-corrected chi connectivity index (χ2v) is 6.04. The van der Waals surface area contributed by atoms with E-state index in [2.05, 4.69) is 5.32 Å². The largest absolute Gasteiger partial charge is 0.481 e. The van der Waals surface area contributed by atoms with Gasteiger partial charge >= 0.3 is 0 Å². The van der Waals surface area contributed by atoms with Crippen LogP contribution in [0.3, 0.4) is 0 Å². The molecule has 1 amide bonds. The second kappa shape index (κ2) is 7.14. The highest BCUT2D eigenvalue weighted by Gasteiger charge is 2.22. The quantitative estimate of drug-likeness (QED) is 0.878. The summed E-state index contributed by atoms with van der Waals surface area (Å²) in [7, 11) is 0. The monoisotopic (exact) mass is 311 g/mol. The molecule has 0 spiro atoms. The number of aliphatic hydroxyl groups excluding tert-OH is 1. The van der Waals surface area contributed by atoms with Gasteiger partial charge in [0.25, 0.3) is 5.91 Å². The minimum absolute atomic E-state index is 0.117. The zero-order valence-electron chi connectivity index (χ0n) is 12.4. The minimum Gasteiger partial charge on any atom is -0.481 e. The number of ether oxygens (including phenoxy) is 1. The first-order chi connectivity index (χ1) is 9.97. The number of hydrogen-bond donors (Lipinski definition) is 2. The Labute approximate surface area is 130 Å². The molecule has 5 heteroatoms. The average molecular weight is 312 g/mol. The van der Waals surface area contributed by atoms with Crippen molar-refractivity contribution >= 4 is 17.5 Å². The van der Waals surface area contributed by atoms with Gasteiger partial charge in [0, 0.05) is 16.6 Å². The summed E-state index contributed by atoms with van der Waals surface area (Å²) in [6.45, 7) is 3.35. The molecule has 1 saturated carbocycles. The molecule has 2 rings (SSSR count). The predicted octanol–water partition coefficient (Wildman–Crippen LogP) is 3.22. The van der Waals surface area contributed by atoms with Gasteiger partial charge in [0.2, 0.25) is 0 Å². The lowest BCUT2D eigenvalue weighted by Crippen LogP contribution is -2.41. The number of halogens is 1. The van der Waals surface area contributed by atoms with E-state index in [0.29, 0.717) is 16.3 Å². The van der Waals surface area contributed by atoms with Crippen LogP contribution >= 0.6 is 11.6 Å². The van der Waals surface area contributed by atoms with Crippen molar-refractivity contribution in [1.82, 2.24) is 5.32 Å². The van der Waals surface area contributed by atoms with Gasteiger partial charge in [-0.1, -0.05) is 24.4 Å². The van der Waals surface area contributed by atoms with Crippen molar-refractivity contribution in [2.24, 2.45) is 0 Å². The lowest BCUT2D eigenvalue weighted by molar-refractivity contribution is -0.128. The van der Waals surface area contributed by atoms with E-state index in [0.717, 1.165) is 12.8 Å². The summed E-state index contributed by atoms with van der Waals surface area (Å²) in [5.74, 6) is 0.372. The van der Waals surface area contributed by atoms with Gasteiger partial charge in [-0.15, -0.1) is 0 Å². The molecule has 1 aromatic carbocycles. The number of nitrogens with one attached hydrogen (secondary N) is 1. The first-order valence-corrected chi connectivity index (χ1v) is 7.79. The molecule has 0 saturated heterocycles. The summed E-state index contributed by atoms with van der Waals surface area (Å²) < 4.78 is 5.70. The molecule has 1 aromatic rings. The molecule has 1 unspecified atom stereocenters. The standard InChI is InChI=1S/C16H22ClNO3/c1-10(19)14-9-12(17)7-8-15(14)21-11(2)16(20)18-13-5-3-4-6-13/h7-11,13,19H,3-6H2,1-2H3,(H,18,20)/t10-,11?/m1/s1. The minimum atomic E-state index is -0.705. The van der Waals surface area contributed by atoms with Crippen molar-refractivity contribution in [2.45, 2.75) is 57.8 Å². The van der Waals surface area contributed by atoms with Crippen molar-refractivity contribution in [3.05, 3.63) is 28.8 Å². The highest BCUT2D eigenvalue weighted by Crippen LogP contribution is 2.29. The second-order valence-electron chi connectivity index (χ2n) is 5.61. The summed E-state index contributed by atoms with van der Waals surface area (Å²) in [5, 5.41) is 13.3.